The molecule has 6 heteroatoms. The smallest absolute Gasteiger partial charge is 0.242 e. The zero-order valence-electron chi connectivity index (χ0n) is 8.34. The maximum atomic E-state index is 11.8. The van der Waals surface area contributed by atoms with E-state index >= 15 is 0 Å². The van der Waals surface area contributed by atoms with Gasteiger partial charge in [0.2, 0.25) is 5.91 Å². The number of hydrogen-bond acceptors (Lipinski definition) is 3. The van der Waals surface area contributed by atoms with Crippen LogP contribution in [0.1, 0.15) is 0 Å². The van der Waals surface area contributed by atoms with Crippen LogP contribution in [0, 0.1) is 0 Å². The average Bonchev–Trinajstić information content (AvgIpc) is 2.71. The number of halogens is 1. The van der Waals surface area contributed by atoms with Gasteiger partial charge in [0.05, 0.1) is 6.33 Å². The minimum Gasteiger partial charge on any atom is -0.339 e. The summed E-state index contributed by atoms with van der Waals surface area (Å²) in [6, 6.07) is 0. The summed E-state index contributed by atoms with van der Waals surface area (Å²) in [5, 5.41) is 0. The fraction of sp³-hybridized carbons (Fsp3) is 0.556. The molecule has 15 heavy (non-hydrogen) atoms. The number of amides is 1. The van der Waals surface area contributed by atoms with E-state index in [0.717, 1.165) is 26.2 Å². The van der Waals surface area contributed by atoms with Crippen molar-refractivity contribution < 1.29 is 4.79 Å². The first-order valence-electron chi connectivity index (χ1n) is 4.90. The molecule has 2 heterocycles. The number of nitrogens with zero attached hydrogens (tertiary/aromatic N) is 4. The number of imidazole rings is 1. The maximum Gasteiger partial charge on any atom is 0.242 e. The highest BCUT2D eigenvalue weighted by Gasteiger charge is 2.19. The van der Waals surface area contributed by atoms with Crippen LogP contribution in [0.15, 0.2) is 18.7 Å². The predicted octanol–water partition coefficient (Wildman–Crippen LogP) is 0.377. The first-order valence-corrected chi connectivity index (χ1v) is 5.86. The molecule has 0 bridgehead atoms. The monoisotopic (exact) mass is 320 g/mol. The molecule has 5 nitrogen and oxygen atoms in total. The lowest BCUT2D eigenvalue weighted by Gasteiger charge is -2.31. The third-order valence-corrected chi connectivity index (χ3v) is 3.42. The molecule has 0 aromatic carbocycles. The van der Waals surface area contributed by atoms with Crippen molar-refractivity contribution in [3.63, 3.8) is 0 Å². The Bertz CT molecular complexity index is 319. The summed E-state index contributed by atoms with van der Waals surface area (Å²) in [5.41, 5.74) is 0. The summed E-state index contributed by atoms with van der Waals surface area (Å²) >= 11 is 2.29. The van der Waals surface area contributed by atoms with E-state index in [0.29, 0.717) is 6.54 Å². The van der Waals surface area contributed by atoms with Crippen LogP contribution in [0.25, 0.3) is 0 Å². The highest BCUT2D eigenvalue weighted by molar-refractivity contribution is 14.1. The summed E-state index contributed by atoms with van der Waals surface area (Å²) < 4.78 is 4.01. The van der Waals surface area contributed by atoms with E-state index in [9.17, 15) is 4.79 Å². The topological polar surface area (TPSA) is 41.4 Å². The van der Waals surface area contributed by atoms with Gasteiger partial charge in [-0.05, 0) is 0 Å². The Morgan fingerprint density at radius 1 is 1.33 bits per heavy atom. The standard InChI is InChI=1S/C9H13IN4O/c10-14-5-3-13(4-6-14)9(15)7-12-2-1-11-8-12/h1-2,8H,3-7H2. The van der Waals surface area contributed by atoms with Gasteiger partial charge in [-0.15, -0.1) is 0 Å². The van der Waals surface area contributed by atoms with Crippen molar-refractivity contribution in [2.75, 3.05) is 26.2 Å². The summed E-state index contributed by atoms with van der Waals surface area (Å²) in [5.74, 6) is 0.178. The van der Waals surface area contributed by atoms with Crippen LogP contribution in [0.3, 0.4) is 0 Å². The van der Waals surface area contributed by atoms with Gasteiger partial charge in [0.25, 0.3) is 0 Å². The highest BCUT2D eigenvalue weighted by atomic mass is 127. The van der Waals surface area contributed by atoms with E-state index in [1.165, 1.54) is 0 Å². The molecule has 0 saturated carbocycles. The quantitative estimate of drug-likeness (QED) is 0.584. The minimum absolute atomic E-state index is 0.178. The molecule has 1 aliphatic heterocycles. The van der Waals surface area contributed by atoms with E-state index in [4.69, 9.17) is 0 Å². The van der Waals surface area contributed by atoms with Crippen LogP contribution >= 0.6 is 22.9 Å². The molecule has 1 amide bonds. The molecule has 0 spiro atoms. The average molecular weight is 320 g/mol. The molecule has 0 unspecified atom stereocenters. The molecule has 82 valence electrons. The van der Waals surface area contributed by atoms with Crippen molar-refractivity contribution in [1.29, 1.82) is 0 Å². The second-order valence-electron chi connectivity index (χ2n) is 3.53. The lowest BCUT2D eigenvalue weighted by Crippen LogP contribution is -2.46. The van der Waals surface area contributed by atoms with Crippen molar-refractivity contribution in [3.05, 3.63) is 18.7 Å². The fourth-order valence-electron chi connectivity index (χ4n) is 1.57. The first kappa shape index (κ1) is 10.9. The number of carbonyl (C=O) groups is 1. The second-order valence-corrected chi connectivity index (χ2v) is 4.89. The molecule has 0 atom stereocenters. The summed E-state index contributed by atoms with van der Waals surface area (Å²) in [4.78, 5) is 17.7. The van der Waals surface area contributed by atoms with Crippen LogP contribution in [0.5, 0.6) is 0 Å². The van der Waals surface area contributed by atoms with Gasteiger partial charge in [-0.1, -0.05) is 0 Å². The van der Waals surface area contributed by atoms with E-state index in [1.807, 2.05) is 11.1 Å². The Morgan fingerprint density at radius 3 is 2.67 bits per heavy atom. The van der Waals surface area contributed by atoms with Gasteiger partial charge in [0, 0.05) is 61.4 Å². The third-order valence-electron chi connectivity index (χ3n) is 2.45. The third kappa shape index (κ3) is 2.91. The molecular weight excluding hydrogens is 307 g/mol. The van der Waals surface area contributed by atoms with Gasteiger partial charge in [-0.25, -0.2) is 8.10 Å². The molecule has 0 radical (unpaired) electrons. The van der Waals surface area contributed by atoms with Crippen molar-refractivity contribution in [2.24, 2.45) is 0 Å². The Labute approximate surface area is 103 Å². The van der Waals surface area contributed by atoms with Crippen molar-refractivity contribution in [2.45, 2.75) is 6.54 Å². The minimum atomic E-state index is 0.178. The first-order chi connectivity index (χ1) is 7.25. The largest absolute Gasteiger partial charge is 0.339 e. The highest BCUT2D eigenvalue weighted by Crippen LogP contribution is 2.07. The van der Waals surface area contributed by atoms with Gasteiger partial charge in [-0.2, -0.15) is 0 Å². The predicted molar refractivity (Wildman–Crippen MR) is 64.4 cm³/mol. The molecule has 1 aromatic rings. The van der Waals surface area contributed by atoms with Crippen LogP contribution in [-0.2, 0) is 11.3 Å². The van der Waals surface area contributed by atoms with Crippen molar-refractivity contribution >= 4 is 28.8 Å². The zero-order chi connectivity index (χ0) is 10.7. The SMILES string of the molecule is O=C(Cn1ccnc1)N1CCN(I)CC1. The van der Waals surface area contributed by atoms with E-state index in [-0.39, 0.29) is 5.91 Å². The Hall–Kier alpha value is -0.630. The van der Waals surface area contributed by atoms with Crippen molar-refractivity contribution in [3.8, 4) is 0 Å². The molecule has 1 aromatic heterocycles. The lowest BCUT2D eigenvalue weighted by molar-refractivity contribution is -0.132. The van der Waals surface area contributed by atoms with Crippen LogP contribution in [-0.4, -0.2) is 49.7 Å². The number of piperazine rings is 1. The maximum absolute atomic E-state index is 11.8. The fourth-order valence-corrected chi connectivity index (χ4v) is 2.00. The number of carbonyl (C=O) groups excluding carboxylic acids is 1. The van der Waals surface area contributed by atoms with Crippen LogP contribution in [0.2, 0.25) is 0 Å². The van der Waals surface area contributed by atoms with Gasteiger partial charge < -0.3 is 9.47 Å². The molecule has 2 rings (SSSR count). The van der Waals surface area contributed by atoms with E-state index < -0.39 is 0 Å². The van der Waals surface area contributed by atoms with E-state index in [2.05, 4.69) is 31.0 Å². The van der Waals surface area contributed by atoms with Crippen molar-refractivity contribution in [1.82, 2.24) is 17.6 Å². The number of aromatic nitrogens is 2. The van der Waals surface area contributed by atoms with Gasteiger partial charge in [-0.3, -0.25) is 4.79 Å². The molecule has 1 fully saturated rings. The normalized spacial score (nSPS) is 18.1. The van der Waals surface area contributed by atoms with E-state index in [1.54, 1.807) is 17.1 Å². The van der Waals surface area contributed by atoms with Crippen LogP contribution in [0.4, 0.5) is 0 Å². The number of hydrogen-bond donors (Lipinski definition) is 0. The van der Waals surface area contributed by atoms with Gasteiger partial charge >= 0.3 is 0 Å². The Kier molecular flexibility index (Phi) is 3.57. The zero-order valence-corrected chi connectivity index (χ0v) is 10.5. The Morgan fingerprint density at radius 2 is 2.07 bits per heavy atom. The molecule has 1 aliphatic rings. The summed E-state index contributed by atoms with van der Waals surface area (Å²) in [6.07, 6.45) is 5.18. The van der Waals surface area contributed by atoms with Crippen LogP contribution < -0.4 is 0 Å². The number of rotatable bonds is 2. The second kappa shape index (κ2) is 4.93. The summed E-state index contributed by atoms with van der Waals surface area (Å²) in [7, 11) is 0. The molecule has 1 saturated heterocycles. The molecular formula is C9H13IN4O. The van der Waals surface area contributed by atoms with Gasteiger partial charge in [0.1, 0.15) is 6.54 Å². The summed E-state index contributed by atoms with van der Waals surface area (Å²) in [6.45, 7) is 3.97. The molecule has 0 aliphatic carbocycles. The Balaban J connectivity index is 1.86. The molecule has 0 N–H and O–H groups in total. The van der Waals surface area contributed by atoms with Gasteiger partial charge in [0.15, 0.2) is 0 Å². The lowest BCUT2D eigenvalue weighted by atomic mass is 10.3.